The summed E-state index contributed by atoms with van der Waals surface area (Å²) in [7, 11) is -1.18. The summed E-state index contributed by atoms with van der Waals surface area (Å²) < 4.78 is 15.6. The molecule has 24 heavy (non-hydrogen) atoms. The number of rotatable bonds is 6. The highest BCUT2D eigenvalue weighted by atomic mass is 32.2. The fraction of sp³-hybridized carbons (Fsp3) is 0.389. The van der Waals surface area contributed by atoms with Gasteiger partial charge in [0, 0.05) is 29.9 Å². The molecule has 0 saturated heterocycles. The molecule has 0 aromatic carbocycles. The number of hydrogen-bond acceptors (Lipinski definition) is 4. The van der Waals surface area contributed by atoms with Crippen molar-refractivity contribution in [2.24, 2.45) is 4.40 Å². The molecule has 0 spiro atoms. The maximum atomic E-state index is 11.8. The lowest BCUT2D eigenvalue weighted by molar-refractivity contribution is 0.650. The third-order valence-corrected chi connectivity index (χ3v) is 4.83. The smallest absolute Gasteiger partial charge is 0.144 e. The molecule has 0 saturated carbocycles. The van der Waals surface area contributed by atoms with Crippen LogP contribution in [0.5, 0.6) is 0 Å². The molecule has 6 heteroatoms. The summed E-state index contributed by atoms with van der Waals surface area (Å²) in [5.41, 5.74) is 9.66. The molecule has 2 N–H and O–H groups in total. The molecule has 0 fully saturated rings. The Labute approximate surface area is 146 Å². The van der Waals surface area contributed by atoms with Crippen LogP contribution in [0.15, 0.2) is 41.2 Å². The van der Waals surface area contributed by atoms with Crippen molar-refractivity contribution in [3.8, 4) is 11.1 Å². The monoisotopic (exact) mass is 344 g/mol. The summed E-state index contributed by atoms with van der Waals surface area (Å²) in [6.45, 7) is 5.75. The van der Waals surface area contributed by atoms with Crippen LogP contribution in [0.2, 0.25) is 0 Å². The molecular weight excluding hydrogens is 320 g/mol. The number of nitrogens with zero attached hydrogens (tertiary/aromatic N) is 3. The molecule has 2 heterocycles. The van der Waals surface area contributed by atoms with Crippen molar-refractivity contribution in [3.63, 3.8) is 0 Å². The fourth-order valence-electron chi connectivity index (χ4n) is 2.10. The first kappa shape index (κ1) is 18.3. The molecule has 1 atom stereocenters. The van der Waals surface area contributed by atoms with Crippen LogP contribution in [0.1, 0.15) is 39.3 Å². The zero-order chi connectivity index (χ0) is 17.6. The lowest BCUT2D eigenvalue weighted by Crippen LogP contribution is -2.19. The lowest BCUT2D eigenvalue weighted by Gasteiger charge is -2.12. The second-order valence-electron chi connectivity index (χ2n) is 6.54. The summed E-state index contributed by atoms with van der Waals surface area (Å²) in [6.07, 6.45) is 9.48. The normalized spacial score (nSPS) is 13.3. The van der Waals surface area contributed by atoms with E-state index in [0.717, 1.165) is 36.1 Å². The number of pyridine rings is 2. The molecule has 2 aromatic heterocycles. The number of anilines is 1. The van der Waals surface area contributed by atoms with E-state index in [1.165, 1.54) is 0 Å². The molecule has 0 bridgehead atoms. The highest BCUT2D eigenvalue weighted by Crippen LogP contribution is 2.24. The van der Waals surface area contributed by atoms with E-state index < -0.39 is 11.0 Å². The molecule has 2 rings (SSSR count). The van der Waals surface area contributed by atoms with E-state index in [4.69, 9.17) is 5.73 Å². The molecule has 128 valence electrons. The molecule has 0 unspecified atom stereocenters. The van der Waals surface area contributed by atoms with Crippen LogP contribution in [0.4, 0.5) is 5.69 Å². The Bertz CT molecular complexity index is 738. The summed E-state index contributed by atoms with van der Waals surface area (Å²) in [4.78, 5) is 8.42. The van der Waals surface area contributed by atoms with Crippen LogP contribution in [0.25, 0.3) is 11.1 Å². The summed E-state index contributed by atoms with van der Waals surface area (Å²) in [5, 5.41) is 0. The first-order chi connectivity index (χ1) is 11.4. The SMILES string of the molecule is CC(C)(C)[S@](=O)N=CCCCc1cc(-c2ccncc2N)ccn1. The van der Waals surface area contributed by atoms with Crippen molar-refractivity contribution in [1.29, 1.82) is 0 Å². The van der Waals surface area contributed by atoms with Gasteiger partial charge in [0.2, 0.25) is 0 Å². The average molecular weight is 344 g/mol. The van der Waals surface area contributed by atoms with Crippen molar-refractivity contribution < 1.29 is 4.21 Å². The number of hydrogen-bond donors (Lipinski definition) is 1. The maximum Gasteiger partial charge on any atom is 0.144 e. The van der Waals surface area contributed by atoms with E-state index in [-0.39, 0.29) is 4.75 Å². The second kappa shape index (κ2) is 8.15. The zero-order valence-electron chi connectivity index (χ0n) is 14.4. The van der Waals surface area contributed by atoms with E-state index in [0.29, 0.717) is 5.69 Å². The molecular formula is C18H24N4OS. The van der Waals surface area contributed by atoms with Crippen molar-refractivity contribution >= 4 is 22.9 Å². The van der Waals surface area contributed by atoms with E-state index in [9.17, 15) is 4.21 Å². The maximum absolute atomic E-state index is 11.8. The predicted octanol–water partition coefficient (Wildman–Crippen LogP) is 3.58. The van der Waals surface area contributed by atoms with Crippen molar-refractivity contribution in [2.45, 2.75) is 44.8 Å². The van der Waals surface area contributed by atoms with E-state index in [1.54, 1.807) is 24.8 Å². The second-order valence-corrected chi connectivity index (χ2v) is 8.47. The van der Waals surface area contributed by atoms with Crippen LogP contribution < -0.4 is 5.73 Å². The highest BCUT2D eigenvalue weighted by Gasteiger charge is 2.17. The number of aryl methyl sites for hydroxylation is 1. The van der Waals surface area contributed by atoms with Gasteiger partial charge in [-0.1, -0.05) is 0 Å². The average Bonchev–Trinajstić information content (AvgIpc) is 2.54. The summed E-state index contributed by atoms with van der Waals surface area (Å²) in [5.74, 6) is 0. The van der Waals surface area contributed by atoms with Crippen LogP contribution in [0.3, 0.4) is 0 Å². The largest absolute Gasteiger partial charge is 0.397 e. The van der Waals surface area contributed by atoms with Gasteiger partial charge < -0.3 is 5.73 Å². The van der Waals surface area contributed by atoms with Crippen LogP contribution in [-0.2, 0) is 17.4 Å². The minimum absolute atomic E-state index is 0.309. The lowest BCUT2D eigenvalue weighted by atomic mass is 10.0. The van der Waals surface area contributed by atoms with Crippen LogP contribution >= 0.6 is 0 Å². The highest BCUT2D eigenvalue weighted by molar-refractivity contribution is 7.85. The van der Waals surface area contributed by atoms with Gasteiger partial charge in [-0.05, 0) is 63.8 Å². The summed E-state index contributed by atoms with van der Waals surface area (Å²) >= 11 is 0. The van der Waals surface area contributed by atoms with Crippen molar-refractivity contribution in [1.82, 2.24) is 9.97 Å². The number of unbranched alkanes of at least 4 members (excludes halogenated alkanes) is 1. The van der Waals surface area contributed by atoms with E-state index in [1.807, 2.05) is 32.9 Å². The van der Waals surface area contributed by atoms with Gasteiger partial charge in [0.1, 0.15) is 11.0 Å². The van der Waals surface area contributed by atoms with Gasteiger partial charge in [-0.15, -0.1) is 0 Å². The third-order valence-electron chi connectivity index (χ3n) is 3.44. The quantitative estimate of drug-likeness (QED) is 0.641. The first-order valence-corrected chi connectivity index (χ1v) is 9.08. The topological polar surface area (TPSA) is 81.2 Å². The van der Waals surface area contributed by atoms with Gasteiger partial charge in [-0.25, -0.2) is 4.21 Å². The minimum atomic E-state index is -1.18. The first-order valence-electron chi connectivity index (χ1n) is 7.97. The Kier molecular flexibility index (Phi) is 6.20. The molecule has 0 radical (unpaired) electrons. The van der Waals surface area contributed by atoms with Gasteiger partial charge in [0.25, 0.3) is 0 Å². The minimum Gasteiger partial charge on any atom is -0.397 e. The molecule has 0 amide bonds. The molecule has 0 aliphatic heterocycles. The van der Waals surface area contributed by atoms with Crippen LogP contribution in [0, 0.1) is 0 Å². The van der Waals surface area contributed by atoms with Gasteiger partial charge in [-0.3, -0.25) is 9.97 Å². The van der Waals surface area contributed by atoms with Gasteiger partial charge >= 0.3 is 0 Å². The van der Waals surface area contributed by atoms with Gasteiger partial charge in [-0.2, -0.15) is 4.40 Å². The number of aromatic nitrogens is 2. The third kappa shape index (κ3) is 5.23. The predicted molar refractivity (Wildman–Crippen MR) is 101 cm³/mol. The summed E-state index contributed by atoms with van der Waals surface area (Å²) in [6, 6.07) is 5.90. The standard InChI is InChI=1S/C18H24N4OS/c1-18(2,3)24(23)22-9-5-4-6-15-12-14(7-11-21-15)16-8-10-20-13-17(16)19/h7-13H,4-6,19H2,1-3H3/t24-/m0/s1. The number of nitrogens with two attached hydrogens (primary N) is 1. The van der Waals surface area contributed by atoms with Crippen molar-refractivity contribution in [2.75, 3.05) is 5.73 Å². The number of nitrogen functional groups attached to an aromatic ring is 1. The fourth-order valence-corrected chi connectivity index (χ4v) is 2.66. The van der Waals surface area contributed by atoms with Crippen molar-refractivity contribution in [3.05, 3.63) is 42.5 Å². The van der Waals surface area contributed by atoms with Gasteiger partial charge in [0.05, 0.1) is 16.6 Å². The molecule has 5 nitrogen and oxygen atoms in total. The van der Waals surface area contributed by atoms with Gasteiger partial charge in [0.15, 0.2) is 0 Å². The Hall–Kier alpha value is -2.08. The zero-order valence-corrected chi connectivity index (χ0v) is 15.2. The molecule has 0 aliphatic carbocycles. The van der Waals surface area contributed by atoms with E-state index in [2.05, 4.69) is 20.4 Å². The molecule has 0 aliphatic rings. The Morgan fingerprint density at radius 2 is 2.08 bits per heavy atom. The Balaban J connectivity index is 1.93. The van der Waals surface area contributed by atoms with Crippen LogP contribution in [-0.4, -0.2) is 25.1 Å². The Morgan fingerprint density at radius 3 is 2.79 bits per heavy atom. The van der Waals surface area contributed by atoms with E-state index >= 15 is 0 Å². The Morgan fingerprint density at radius 1 is 1.29 bits per heavy atom. The molecule has 2 aromatic rings.